The lowest BCUT2D eigenvalue weighted by Crippen LogP contribution is -2.51. The number of esters is 1. The van der Waals surface area contributed by atoms with E-state index >= 15 is 0 Å². The van der Waals surface area contributed by atoms with Gasteiger partial charge in [0.25, 0.3) is 0 Å². The summed E-state index contributed by atoms with van der Waals surface area (Å²) in [6, 6.07) is 0. The average Bonchev–Trinajstić information content (AvgIpc) is 2.31. The number of hydrogen-bond donors (Lipinski definition) is 1. The highest BCUT2D eigenvalue weighted by Gasteiger charge is 2.51. The van der Waals surface area contributed by atoms with Crippen molar-refractivity contribution in [3.8, 4) is 0 Å². The van der Waals surface area contributed by atoms with E-state index in [2.05, 4.69) is 13.5 Å². The van der Waals surface area contributed by atoms with E-state index in [0.29, 0.717) is 11.8 Å². The molecule has 3 nitrogen and oxygen atoms in total. The average molecular weight is 280 g/mol. The molecular formula is C17H28O3. The summed E-state index contributed by atoms with van der Waals surface area (Å²) in [4.78, 5) is 11.3. The zero-order valence-corrected chi connectivity index (χ0v) is 13.2. The van der Waals surface area contributed by atoms with Gasteiger partial charge in [0.15, 0.2) is 0 Å². The fraction of sp³-hybridized carbons (Fsp3) is 0.824. The Morgan fingerprint density at radius 1 is 1.45 bits per heavy atom. The Kier molecular flexibility index (Phi) is 4.03. The molecular weight excluding hydrogens is 252 g/mol. The number of allylic oxidation sites excluding steroid dienone is 1. The third kappa shape index (κ3) is 2.78. The van der Waals surface area contributed by atoms with E-state index in [-0.39, 0.29) is 17.5 Å². The van der Waals surface area contributed by atoms with Crippen molar-refractivity contribution in [3.63, 3.8) is 0 Å². The fourth-order valence-electron chi connectivity index (χ4n) is 4.21. The van der Waals surface area contributed by atoms with Crippen LogP contribution >= 0.6 is 0 Å². The Balaban J connectivity index is 2.22. The molecule has 2 rings (SSSR count). The van der Waals surface area contributed by atoms with E-state index in [9.17, 15) is 9.90 Å². The van der Waals surface area contributed by atoms with Gasteiger partial charge in [0.1, 0.15) is 6.10 Å². The molecule has 0 aliphatic heterocycles. The monoisotopic (exact) mass is 280 g/mol. The third-order valence-electron chi connectivity index (χ3n) is 5.61. The van der Waals surface area contributed by atoms with Gasteiger partial charge < -0.3 is 9.84 Å². The fourth-order valence-corrected chi connectivity index (χ4v) is 4.21. The van der Waals surface area contributed by atoms with Gasteiger partial charge >= 0.3 is 5.97 Å². The van der Waals surface area contributed by atoms with Crippen LogP contribution in [0.1, 0.15) is 59.8 Å². The Hall–Kier alpha value is -0.830. The normalized spacial score (nSPS) is 38.2. The van der Waals surface area contributed by atoms with Crippen molar-refractivity contribution in [1.82, 2.24) is 0 Å². The van der Waals surface area contributed by atoms with Crippen LogP contribution in [0.4, 0.5) is 0 Å². The molecule has 0 aromatic rings. The van der Waals surface area contributed by atoms with E-state index in [4.69, 9.17) is 4.74 Å². The molecule has 2 aliphatic rings. The molecule has 1 N–H and O–H groups in total. The summed E-state index contributed by atoms with van der Waals surface area (Å²) in [5, 5.41) is 10.3. The number of fused-ring (bicyclic) bond motifs is 1. The molecule has 0 aromatic carbocycles. The SMILES string of the molecule is C=C1CCC(OC(C)=O)C2(C)CCC(C(C)(C)O)CC12. The van der Waals surface area contributed by atoms with Gasteiger partial charge in [-0.25, -0.2) is 0 Å². The summed E-state index contributed by atoms with van der Waals surface area (Å²) in [6.45, 7) is 11.8. The maximum Gasteiger partial charge on any atom is 0.302 e. The van der Waals surface area contributed by atoms with Crippen LogP contribution in [0.5, 0.6) is 0 Å². The van der Waals surface area contributed by atoms with Gasteiger partial charge in [-0.1, -0.05) is 19.1 Å². The number of rotatable bonds is 2. The minimum absolute atomic E-state index is 0.00162. The second-order valence-corrected chi connectivity index (χ2v) is 7.48. The first-order chi connectivity index (χ1) is 9.14. The predicted octanol–water partition coefficient (Wildman–Crippen LogP) is 3.46. The maximum absolute atomic E-state index is 11.3. The van der Waals surface area contributed by atoms with E-state index in [1.165, 1.54) is 12.5 Å². The molecule has 0 amide bonds. The van der Waals surface area contributed by atoms with Crippen molar-refractivity contribution in [2.45, 2.75) is 71.5 Å². The Labute approximate surface area is 122 Å². The maximum atomic E-state index is 11.3. The number of carbonyl (C=O) groups excluding carboxylic acids is 1. The predicted molar refractivity (Wildman–Crippen MR) is 79.2 cm³/mol. The molecule has 0 saturated heterocycles. The summed E-state index contributed by atoms with van der Waals surface area (Å²) in [6.07, 6.45) is 4.75. The van der Waals surface area contributed by atoms with Gasteiger partial charge in [-0.15, -0.1) is 0 Å². The highest BCUT2D eigenvalue weighted by Crippen LogP contribution is 2.55. The van der Waals surface area contributed by atoms with Crippen molar-refractivity contribution in [1.29, 1.82) is 0 Å². The Morgan fingerprint density at radius 2 is 2.10 bits per heavy atom. The van der Waals surface area contributed by atoms with Gasteiger partial charge in [0.2, 0.25) is 0 Å². The highest BCUT2D eigenvalue weighted by atomic mass is 16.5. The molecule has 0 spiro atoms. The lowest BCUT2D eigenvalue weighted by Gasteiger charge is -2.53. The van der Waals surface area contributed by atoms with Gasteiger partial charge in [-0.05, 0) is 57.8 Å². The van der Waals surface area contributed by atoms with Gasteiger partial charge in [-0.2, -0.15) is 0 Å². The summed E-state index contributed by atoms with van der Waals surface area (Å²) < 4.78 is 5.59. The molecule has 2 aliphatic carbocycles. The van der Waals surface area contributed by atoms with Crippen LogP contribution in [0, 0.1) is 17.3 Å². The summed E-state index contributed by atoms with van der Waals surface area (Å²) >= 11 is 0. The van der Waals surface area contributed by atoms with E-state index in [1.54, 1.807) is 0 Å². The van der Waals surface area contributed by atoms with Gasteiger partial charge in [0, 0.05) is 12.3 Å². The second kappa shape index (κ2) is 5.18. The van der Waals surface area contributed by atoms with Crippen LogP contribution in [-0.2, 0) is 9.53 Å². The van der Waals surface area contributed by atoms with Crippen molar-refractivity contribution >= 4 is 5.97 Å². The highest BCUT2D eigenvalue weighted by molar-refractivity contribution is 5.66. The molecule has 114 valence electrons. The first-order valence-corrected chi connectivity index (χ1v) is 7.72. The molecule has 2 saturated carbocycles. The Bertz CT molecular complexity index is 407. The third-order valence-corrected chi connectivity index (χ3v) is 5.61. The lowest BCUT2D eigenvalue weighted by molar-refractivity contribution is -0.163. The second-order valence-electron chi connectivity index (χ2n) is 7.48. The summed E-state index contributed by atoms with van der Waals surface area (Å²) in [5.74, 6) is 0.464. The molecule has 0 heterocycles. The minimum Gasteiger partial charge on any atom is -0.462 e. The van der Waals surface area contributed by atoms with Crippen molar-refractivity contribution in [2.75, 3.05) is 0 Å². The van der Waals surface area contributed by atoms with Crippen LogP contribution in [0.3, 0.4) is 0 Å². The van der Waals surface area contributed by atoms with Crippen molar-refractivity contribution in [2.24, 2.45) is 17.3 Å². The van der Waals surface area contributed by atoms with Gasteiger partial charge in [-0.3, -0.25) is 4.79 Å². The van der Waals surface area contributed by atoms with Crippen LogP contribution in [0.25, 0.3) is 0 Å². The quantitative estimate of drug-likeness (QED) is 0.622. The molecule has 3 heteroatoms. The smallest absolute Gasteiger partial charge is 0.302 e. The number of hydrogen-bond acceptors (Lipinski definition) is 3. The largest absolute Gasteiger partial charge is 0.462 e. The van der Waals surface area contributed by atoms with E-state index in [0.717, 1.165) is 32.1 Å². The zero-order valence-electron chi connectivity index (χ0n) is 13.2. The standard InChI is InChI=1S/C17H28O3/c1-11-6-7-15(20-12(2)18)17(5)9-8-13(10-14(11)17)16(3,4)19/h13-15,19H,1,6-10H2,2-5H3. The number of carbonyl (C=O) groups is 1. The van der Waals surface area contributed by atoms with Crippen LogP contribution in [-0.4, -0.2) is 22.8 Å². The molecule has 2 fully saturated rings. The molecule has 20 heavy (non-hydrogen) atoms. The van der Waals surface area contributed by atoms with Gasteiger partial charge in [0.05, 0.1) is 5.60 Å². The molecule has 0 radical (unpaired) electrons. The van der Waals surface area contributed by atoms with Crippen LogP contribution in [0.2, 0.25) is 0 Å². The summed E-state index contributed by atoms with van der Waals surface area (Å²) in [5.41, 5.74) is 0.614. The molecule has 0 bridgehead atoms. The van der Waals surface area contributed by atoms with Crippen LogP contribution in [0.15, 0.2) is 12.2 Å². The lowest BCUT2D eigenvalue weighted by atomic mass is 9.54. The Morgan fingerprint density at radius 3 is 2.65 bits per heavy atom. The molecule has 4 unspecified atom stereocenters. The van der Waals surface area contributed by atoms with Crippen molar-refractivity contribution < 1.29 is 14.6 Å². The first-order valence-electron chi connectivity index (χ1n) is 7.72. The number of ether oxygens (including phenoxy) is 1. The van der Waals surface area contributed by atoms with E-state index in [1.807, 2.05) is 13.8 Å². The zero-order chi connectivity index (χ0) is 15.1. The summed E-state index contributed by atoms with van der Waals surface area (Å²) in [7, 11) is 0. The number of aliphatic hydroxyl groups is 1. The first kappa shape index (κ1) is 15.6. The minimum atomic E-state index is -0.643. The van der Waals surface area contributed by atoms with E-state index < -0.39 is 5.60 Å². The van der Waals surface area contributed by atoms with Crippen LogP contribution < -0.4 is 0 Å². The van der Waals surface area contributed by atoms with Crippen molar-refractivity contribution in [3.05, 3.63) is 12.2 Å². The molecule has 4 atom stereocenters. The molecule has 0 aromatic heterocycles. The topological polar surface area (TPSA) is 46.5 Å².